The van der Waals surface area contributed by atoms with Gasteiger partial charge >= 0.3 is 0 Å². The van der Waals surface area contributed by atoms with Crippen LogP contribution in [0.5, 0.6) is 0 Å². The Balaban J connectivity index is 1.44. The molecule has 3 aromatic rings. The highest BCUT2D eigenvalue weighted by Gasteiger charge is 2.30. The minimum Gasteiger partial charge on any atom is -0.351 e. The van der Waals surface area contributed by atoms with Crippen molar-refractivity contribution in [3.63, 3.8) is 0 Å². The summed E-state index contributed by atoms with van der Waals surface area (Å²) in [5, 5.41) is 4.63. The second kappa shape index (κ2) is 7.73. The maximum Gasteiger partial charge on any atom is 0.266 e. The molecule has 4 heterocycles. The molecule has 3 aromatic heterocycles. The SMILES string of the molecule is O=c1ccc(-c2cccnc2)nn1CC1CCCN1c1ncnc2c1CCCC2. The number of pyridine rings is 1. The first kappa shape index (κ1) is 18.0. The van der Waals surface area contributed by atoms with E-state index < -0.39 is 0 Å². The Bertz CT molecular complexity index is 1060. The van der Waals surface area contributed by atoms with Crippen LogP contribution in [0.2, 0.25) is 0 Å². The lowest BCUT2D eigenvalue weighted by Crippen LogP contribution is -2.38. The van der Waals surface area contributed by atoms with Crippen molar-refractivity contribution in [1.29, 1.82) is 0 Å². The number of nitrogens with zero attached hydrogens (tertiary/aromatic N) is 6. The summed E-state index contributed by atoms with van der Waals surface area (Å²) >= 11 is 0. The van der Waals surface area contributed by atoms with Gasteiger partial charge in [-0.1, -0.05) is 0 Å². The number of aryl methyl sites for hydroxylation is 1. The topological polar surface area (TPSA) is 76.8 Å². The van der Waals surface area contributed by atoms with Crippen molar-refractivity contribution >= 4 is 5.82 Å². The van der Waals surface area contributed by atoms with E-state index in [0.717, 1.165) is 49.3 Å². The zero-order valence-electron chi connectivity index (χ0n) is 16.4. The molecule has 0 radical (unpaired) electrons. The summed E-state index contributed by atoms with van der Waals surface area (Å²) < 4.78 is 1.60. The first-order valence-corrected chi connectivity index (χ1v) is 10.4. The number of aromatic nitrogens is 5. The lowest BCUT2D eigenvalue weighted by Gasteiger charge is -2.29. The summed E-state index contributed by atoms with van der Waals surface area (Å²) in [6, 6.07) is 7.41. The molecule has 1 unspecified atom stereocenters. The lowest BCUT2D eigenvalue weighted by atomic mass is 9.96. The van der Waals surface area contributed by atoms with Gasteiger partial charge in [0.15, 0.2) is 0 Å². The van der Waals surface area contributed by atoms with Gasteiger partial charge in [0.25, 0.3) is 5.56 Å². The minimum atomic E-state index is -0.0748. The van der Waals surface area contributed by atoms with Crippen molar-refractivity contribution in [3.05, 3.63) is 64.6 Å². The highest BCUT2D eigenvalue weighted by Crippen LogP contribution is 2.32. The predicted octanol–water partition coefficient (Wildman–Crippen LogP) is 2.64. The molecule has 1 aliphatic heterocycles. The summed E-state index contributed by atoms with van der Waals surface area (Å²) in [6.07, 6.45) is 11.8. The zero-order valence-corrected chi connectivity index (χ0v) is 16.4. The van der Waals surface area contributed by atoms with Crippen LogP contribution >= 0.6 is 0 Å². The summed E-state index contributed by atoms with van der Waals surface area (Å²) in [6.45, 7) is 1.52. The van der Waals surface area contributed by atoms with Crippen LogP contribution in [0.15, 0.2) is 47.8 Å². The predicted molar refractivity (Wildman–Crippen MR) is 111 cm³/mol. The van der Waals surface area contributed by atoms with E-state index in [4.69, 9.17) is 0 Å². The van der Waals surface area contributed by atoms with Crippen molar-refractivity contribution in [2.75, 3.05) is 11.4 Å². The summed E-state index contributed by atoms with van der Waals surface area (Å²) in [5.41, 5.74) is 4.10. The molecule has 2 aliphatic rings. The quantitative estimate of drug-likeness (QED) is 0.684. The Morgan fingerprint density at radius 2 is 2.00 bits per heavy atom. The van der Waals surface area contributed by atoms with E-state index in [0.29, 0.717) is 6.54 Å². The van der Waals surface area contributed by atoms with Crippen LogP contribution in [0.25, 0.3) is 11.3 Å². The standard InChI is InChI=1S/C22H24N6O/c29-21-10-9-19(16-5-3-11-23-13-16)26-28(21)14-17-6-4-12-27(17)22-18-7-1-2-8-20(18)24-15-25-22/h3,5,9-11,13,15,17H,1-2,4,6-8,12,14H2. The molecule has 1 aliphatic carbocycles. The molecule has 0 aromatic carbocycles. The fraction of sp³-hybridized carbons (Fsp3) is 0.409. The fourth-order valence-electron chi connectivity index (χ4n) is 4.50. The second-order valence-electron chi connectivity index (χ2n) is 7.80. The highest BCUT2D eigenvalue weighted by molar-refractivity contribution is 5.56. The first-order valence-electron chi connectivity index (χ1n) is 10.4. The van der Waals surface area contributed by atoms with Gasteiger partial charge in [-0.15, -0.1) is 0 Å². The summed E-state index contributed by atoms with van der Waals surface area (Å²) in [5.74, 6) is 1.06. The van der Waals surface area contributed by atoms with E-state index in [1.165, 1.54) is 24.1 Å². The van der Waals surface area contributed by atoms with Gasteiger partial charge in [-0.2, -0.15) is 5.10 Å². The maximum absolute atomic E-state index is 12.5. The Labute approximate surface area is 169 Å². The number of hydrogen-bond acceptors (Lipinski definition) is 6. The van der Waals surface area contributed by atoms with E-state index in [1.54, 1.807) is 35.5 Å². The van der Waals surface area contributed by atoms with Gasteiger partial charge in [-0.05, 0) is 56.7 Å². The molecule has 0 spiro atoms. The van der Waals surface area contributed by atoms with E-state index in [1.807, 2.05) is 12.1 Å². The Morgan fingerprint density at radius 3 is 2.90 bits per heavy atom. The molecule has 148 valence electrons. The van der Waals surface area contributed by atoms with Gasteiger partial charge in [-0.3, -0.25) is 9.78 Å². The molecule has 7 heteroatoms. The van der Waals surface area contributed by atoms with Crippen LogP contribution < -0.4 is 10.5 Å². The van der Waals surface area contributed by atoms with Crippen LogP contribution in [0.4, 0.5) is 5.82 Å². The number of fused-ring (bicyclic) bond motifs is 1. The molecule has 5 rings (SSSR count). The largest absolute Gasteiger partial charge is 0.351 e. The van der Waals surface area contributed by atoms with Gasteiger partial charge in [-0.25, -0.2) is 14.6 Å². The fourth-order valence-corrected chi connectivity index (χ4v) is 4.50. The first-order chi connectivity index (χ1) is 14.3. The molecular weight excluding hydrogens is 364 g/mol. The highest BCUT2D eigenvalue weighted by atomic mass is 16.1. The van der Waals surface area contributed by atoms with Gasteiger partial charge in [0, 0.05) is 41.8 Å². The molecule has 29 heavy (non-hydrogen) atoms. The van der Waals surface area contributed by atoms with E-state index in [9.17, 15) is 4.79 Å². The average molecular weight is 388 g/mol. The lowest BCUT2D eigenvalue weighted by molar-refractivity contribution is 0.487. The normalized spacial score (nSPS) is 18.6. The summed E-state index contributed by atoms with van der Waals surface area (Å²) in [7, 11) is 0. The van der Waals surface area contributed by atoms with E-state index in [2.05, 4.69) is 25.0 Å². The molecule has 0 saturated carbocycles. The third-order valence-electron chi connectivity index (χ3n) is 5.96. The monoisotopic (exact) mass is 388 g/mol. The Morgan fingerprint density at radius 1 is 1.07 bits per heavy atom. The van der Waals surface area contributed by atoms with Crippen molar-refractivity contribution in [3.8, 4) is 11.3 Å². The average Bonchev–Trinajstić information content (AvgIpc) is 3.23. The van der Waals surface area contributed by atoms with Crippen molar-refractivity contribution in [2.45, 2.75) is 51.1 Å². The van der Waals surface area contributed by atoms with Crippen LogP contribution in [-0.2, 0) is 19.4 Å². The van der Waals surface area contributed by atoms with Crippen LogP contribution in [-0.4, -0.2) is 37.3 Å². The van der Waals surface area contributed by atoms with Gasteiger partial charge in [0.05, 0.1) is 18.3 Å². The number of anilines is 1. The third kappa shape index (κ3) is 3.52. The second-order valence-corrected chi connectivity index (χ2v) is 7.80. The smallest absolute Gasteiger partial charge is 0.266 e. The number of hydrogen-bond donors (Lipinski definition) is 0. The van der Waals surface area contributed by atoms with E-state index in [-0.39, 0.29) is 11.6 Å². The molecule has 0 N–H and O–H groups in total. The van der Waals surface area contributed by atoms with Crippen LogP contribution in [0, 0.1) is 0 Å². The van der Waals surface area contributed by atoms with Crippen molar-refractivity contribution in [1.82, 2.24) is 24.7 Å². The Hall–Kier alpha value is -3.09. The van der Waals surface area contributed by atoms with Gasteiger partial charge in [0.2, 0.25) is 0 Å². The molecule has 1 fully saturated rings. The number of rotatable bonds is 4. The van der Waals surface area contributed by atoms with Gasteiger partial charge < -0.3 is 4.90 Å². The van der Waals surface area contributed by atoms with E-state index >= 15 is 0 Å². The molecule has 0 amide bonds. The molecular formula is C22H24N6O. The molecule has 7 nitrogen and oxygen atoms in total. The summed E-state index contributed by atoms with van der Waals surface area (Å²) in [4.78, 5) is 28.2. The molecule has 1 saturated heterocycles. The minimum absolute atomic E-state index is 0.0748. The molecule has 1 atom stereocenters. The zero-order chi connectivity index (χ0) is 19.6. The maximum atomic E-state index is 12.5. The van der Waals surface area contributed by atoms with Crippen molar-refractivity contribution < 1.29 is 0 Å². The Kier molecular flexibility index (Phi) is 4.79. The van der Waals surface area contributed by atoms with Crippen molar-refractivity contribution in [2.24, 2.45) is 0 Å². The van der Waals surface area contributed by atoms with Gasteiger partial charge in [0.1, 0.15) is 12.1 Å². The molecule has 0 bridgehead atoms. The van der Waals surface area contributed by atoms with Crippen LogP contribution in [0.3, 0.4) is 0 Å². The third-order valence-corrected chi connectivity index (χ3v) is 5.96. The van der Waals surface area contributed by atoms with Crippen LogP contribution in [0.1, 0.15) is 36.9 Å².